The minimum atomic E-state index is -0.356. The van der Waals surface area contributed by atoms with Crippen molar-refractivity contribution in [1.82, 2.24) is 4.98 Å². The van der Waals surface area contributed by atoms with Crippen LogP contribution >= 0.6 is 0 Å². The van der Waals surface area contributed by atoms with Crippen LogP contribution in [0.3, 0.4) is 0 Å². The maximum atomic E-state index is 11.7. The third-order valence-corrected chi connectivity index (χ3v) is 2.32. The lowest BCUT2D eigenvalue weighted by Crippen LogP contribution is -2.21. The summed E-state index contributed by atoms with van der Waals surface area (Å²) in [7, 11) is 0. The highest BCUT2D eigenvalue weighted by Gasteiger charge is 2.18. The Hall–Kier alpha value is -2.31. The number of nitrogens with zero attached hydrogens (tertiary/aromatic N) is 2. The van der Waals surface area contributed by atoms with Crippen LogP contribution in [0, 0.1) is 13.8 Å². The molecule has 18 heavy (non-hydrogen) atoms. The van der Waals surface area contributed by atoms with Gasteiger partial charge in [0.05, 0.1) is 24.1 Å². The van der Waals surface area contributed by atoms with Gasteiger partial charge in [-0.05, 0) is 26.3 Å². The zero-order valence-electron chi connectivity index (χ0n) is 10.7. The fraction of sp³-hybridized carbons (Fsp3) is 0.364. The second kappa shape index (κ2) is 5.85. The Morgan fingerprint density at radius 2 is 2.11 bits per heavy atom. The van der Waals surface area contributed by atoms with Crippen molar-refractivity contribution in [2.75, 3.05) is 6.61 Å². The summed E-state index contributed by atoms with van der Waals surface area (Å²) in [6.07, 6.45) is 1.45. The van der Waals surface area contributed by atoms with Crippen LogP contribution in [-0.2, 0) is 4.74 Å². The number of esters is 1. The summed E-state index contributed by atoms with van der Waals surface area (Å²) in [6.45, 7) is 5.68. The molecule has 0 aliphatic heterocycles. The van der Waals surface area contributed by atoms with Gasteiger partial charge in [-0.1, -0.05) is 0 Å². The minimum Gasteiger partial charge on any atom is -0.462 e. The average Bonchev–Trinajstić information content (AvgIpc) is 2.54. The van der Waals surface area contributed by atoms with Gasteiger partial charge < -0.3 is 21.2 Å². The highest BCUT2D eigenvalue weighted by atomic mass is 16.5. The molecule has 0 radical (unpaired) electrons. The first-order valence-corrected chi connectivity index (χ1v) is 5.45. The number of H-pyrrole nitrogens is 1. The Morgan fingerprint density at radius 1 is 1.44 bits per heavy atom. The lowest BCUT2D eigenvalue weighted by atomic mass is 10.1. The van der Waals surface area contributed by atoms with Crippen molar-refractivity contribution >= 4 is 18.1 Å². The number of guanidine groups is 1. The van der Waals surface area contributed by atoms with E-state index in [0.29, 0.717) is 17.9 Å². The normalized spacial score (nSPS) is 10.6. The van der Waals surface area contributed by atoms with E-state index < -0.39 is 0 Å². The molecule has 0 spiro atoms. The van der Waals surface area contributed by atoms with Crippen LogP contribution in [0.2, 0.25) is 0 Å². The highest BCUT2D eigenvalue weighted by molar-refractivity contribution is 5.96. The summed E-state index contributed by atoms with van der Waals surface area (Å²) >= 11 is 0. The predicted molar refractivity (Wildman–Crippen MR) is 69.6 cm³/mol. The number of hydrogen-bond acceptors (Lipinski definition) is 4. The number of aryl methyl sites for hydroxylation is 1. The molecule has 1 rings (SSSR count). The average molecular weight is 251 g/mol. The molecule has 0 atom stereocenters. The largest absolute Gasteiger partial charge is 0.462 e. The van der Waals surface area contributed by atoms with Crippen LogP contribution in [-0.4, -0.2) is 29.7 Å². The summed E-state index contributed by atoms with van der Waals surface area (Å²) < 4.78 is 4.97. The molecule has 5 N–H and O–H groups in total. The topological polar surface area (TPSA) is 119 Å². The second-order valence-corrected chi connectivity index (χ2v) is 3.65. The van der Waals surface area contributed by atoms with Gasteiger partial charge in [0.2, 0.25) is 5.96 Å². The molecule has 1 aromatic heterocycles. The minimum absolute atomic E-state index is 0.127. The fourth-order valence-corrected chi connectivity index (χ4v) is 1.57. The first kappa shape index (κ1) is 13.8. The van der Waals surface area contributed by atoms with Crippen LogP contribution in [0.25, 0.3) is 0 Å². The van der Waals surface area contributed by atoms with Gasteiger partial charge in [-0.3, -0.25) is 0 Å². The summed E-state index contributed by atoms with van der Waals surface area (Å²) in [5, 5.41) is 7.18. The van der Waals surface area contributed by atoms with E-state index in [1.54, 1.807) is 20.8 Å². The van der Waals surface area contributed by atoms with Crippen molar-refractivity contribution in [1.29, 1.82) is 0 Å². The molecular formula is C11H17N5O2. The van der Waals surface area contributed by atoms with Crippen molar-refractivity contribution in [2.24, 2.45) is 21.7 Å². The summed E-state index contributed by atoms with van der Waals surface area (Å²) in [5.41, 5.74) is 12.9. The van der Waals surface area contributed by atoms with E-state index >= 15 is 0 Å². The van der Waals surface area contributed by atoms with Gasteiger partial charge in [0, 0.05) is 5.69 Å². The van der Waals surface area contributed by atoms with Crippen molar-refractivity contribution in [3.63, 3.8) is 0 Å². The van der Waals surface area contributed by atoms with Crippen molar-refractivity contribution in [3.8, 4) is 0 Å². The number of aromatic nitrogens is 1. The number of nitrogens with one attached hydrogen (secondary N) is 1. The molecule has 0 bridgehead atoms. The fourth-order valence-electron chi connectivity index (χ4n) is 1.57. The number of hydrogen-bond donors (Lipinski definition) is 3. The highest BCUT2D eigenvalue weighted by Crippen LogP contribution is 2.17. The Labute approximate surface area is 105 Å². The Morgan fingerprint density at radius 3 is 2.67 bits per heavy atom. The molecule has 1 aromatic rings. The van der Waals surface area contributed by atoms with E-state index in [1.807, 2.05) is 0 Å². The van der Waals surface area contributed by atoms with E-state index in [1.165, 1.54) is 6.21 Å². The molecule has 0 saturated heterocycles. The van der Waals surface area contributed by atoms with E-state index in [2.05, 4.69) is 15.2 Å². The number of aromatic amines is 1. The third kappa shape index (κ3) is 3.09. The smallest absolute Gasteiger partial charge is 0.340 e. The molecule has 0 saturated carbocycles. The van der Waals surface area contributed by atoms with Gasteiger partial charge in [0.25, 0.3) is 0 Å². The van der Waals surface area contributed by atoms with E-state index in [-0.39, 0.29) is 11.9 Å². The number of carbonyl (C=O) groups is 1. The van der Waals surface area contributed by atoms with Crippen LogP contribution < -0.4 is 11.5 Å². The predicted octanol–water partition coefficient (Wildman–Crippen LogP) is 0.416. The van der Waals surface area contributed by atoms with E-state index in [4.69, 9.17) is 16.2 Å². The Bertz CT molecular complexity index is 498. The van der Waals surface area contributed by atoms with Gasteiger partial charge in [-0.2, -0.15) is 5.10 Å². The van der Waals surface area contributed by atoms with Crippen LogP contribution in [0.5, 0.6) is 0 Å². The number of ether oxygens (including phenoxy) is 1. The lowest BCUT2D eigenvalue weighted by Gasteiger charge is -2.01. The van der Waals surface area contributed by atoms with Crippen LogP contribution in [0.15, 0.2) is 10.2 Å². The first-order chi connectivity index (χ1) is 8.47. The summed E-state index contributed by atoms with van der Waals surface area (Å²) in [5.74, 6) is -0.483. The number of carbonyl (C=O) groups excluding carboxylic acids is 1. The third-order valence-electron chi connectivity index (χ3n) is 2.32. The lowest BCUT2D eigenvalue weighted by molar-refractivity contribution is 0.0525. The van der Waals surface area contributed by atoms with Crippen LogP contribution in [0.1, 0.15) is 34.2 Å². The van der Waals surface area contributed by atoms with Gasteiger partial charge in [0.15, 0.2) is 0 Å². The van der Waals surface area contributed by atoms with E-state index in [0.717, 1.165) is 11.3 Å². The molecule has 98 valence electrons. The molecule has 7 nitrogen and oxygen atoms in total. The standard InChI is InChI=1S/C11H17N5O2/c1-4-18-10(17)9-6(2)8(15-7(9)3)5-14-16-11(12)13/h5,15H,4H2,1-3H3,(H4,12,13,16)/b14-5+. The van der Waals surface area contributed by atoms with Crippen LogP contribution in [0.4, 0.5) is 0 Å². The number of nitrogens with two attached hydrogens (primary N) is 2. The zero-order valence-corrected chi connectivity index (χ0v) is 10.7. The second-order valence-electron chi connectivity index (χ2n) is 3.65. The quantitative estimate of drug-likeness (QED) is 0.311. The summed E-state index contributed by atoms with van der Waals surface area (Å²) in [4.78, 5) is 14.8. The van der Waals surface area contributed by atoms with E-state index in [9.17, 15) is 4.79 Å². The number of rotatable bonds is 4. The zero-order chi connectivity index (χ0) is 13.7. The van der Waals surface area contributed by atoms with Gasteiger partial charge in [0.1, 0.15) is 0 Å². The Kier molecular flexibility index (Phi) is 4.47. The maximum absolute atomic E-state index is 11.7. The molecule has 0 aliphatic carbocycles. The molecule has 0 aromatic carbocycles. The molecule has 0 aliphatic rings. The molecule has 1 heterocycles. The van der Waals surface area contributed by atoms with Crippen molar-refractivity contribution < 1.29 is 9.53 Å². The molecule has 0 unspecified atom stereocenters. The Balaban J connectivity index is 3.04. The van der Waals surface area contributed by atoms with Crippen molar-refractivity contribution in [3.05, 3.63) is 22.5 Å². The van der Waals surface area contributed by atoms with Gasteiger partial charge in [-0.15, -0.1) is 5.10 Å². The first-order valence-electron chi connectivity index (χ1n) is 5.45. The van der Waals surface area contributed by atoms with Gasteiger partial charge in [-0.25, -0.2) is 4.79 Å². The monoisotopic (exact) mass is 251 g/mol. The molecule has 0 fully saturated rings. The summed E-state index contributed by atoms with van der Waals surface area (Å²) in [6, 6.07) is 0. The van der Waals surface area contributed by atoms with Gasteiger partial charge >= 0.3 is 5.97 Å². The maximum Gasteiger partial charge on any atom is 0.340 e. The SMILES string of the molecule is CCOC(=O)c1c(C)[nH]c(/C=N/N=C(N)N)c1C. The molecular weight excluding hydrogens is 234 g/mol. The molecule has 7 heteroatoms. The van der Waals surface area contributed by atoms with Crippen molar-refractivity contribution in [2.45, 2.75) is 20.8 Å². The molecule has 0 amide bonds.